The van der Waals surface area contributed by atoms with Crippen molar-refractivity contribution in [2.45, 2.75) is 32.2 Å². The molecule has 0 saturated heterocycles. The van der Waals surface area contributed by atoms with Crippen LogP contribution in [-0.2, 0) is 11.3 Å². The zero-order valence-corrected chi connectivity index (χ0v) is 11.4. The molecule has 1 aliphatic rings. The Bertz CT molecular complexity index is 543. The molecule has 2 aromatic heterocycles. The van der Waals surface area contributed by atoms with Gasteiger partial charge in [-0.25, -0.2) is 4.68 Å². The number of amides is 1. The van der Waals surface area contributed by atoms with Gasteiger partial charge in [0.15, 0.2) is 0 Å². The van der Waals surface area contributed by atoms with Crippen LogP contribution in [0.5, 0.6) is 0 Å². The van der Waals surface area contributed by atoms with Crippen LogP contribution in [0.1, 0.15) is 31.4 Å². The number of carbonyl (C=O) groups excluding carboxylic acids is 1. The molecule has 0 atom stereocenters. The summed E-state index contributed by atoms with van der Waals surface area (Å²) < 4.78 is 1.73. The lowest BCUT2D eigenvalue weighted by Gasteiger charge is -2.08. The van der Waals surface area contributed by atoms with E-state index in [0.717, 1.165) is 24.2 Å². The molecule has 0 aliphatic heterocycles. The van der Waals surface area contributed by atoms with Crippen LogP contribution in [-0.4, -0.2) is 20.9 Å². The lowest BCUT2D eigenvalue weighted by molar-refractivity contribution is -0.124. The third-order valence-electron chi connectivity index (χ3n) is 3.48. The van der Waals surface area contributed by atoms with Crippen LogP contribution in [0.15, 0.2) is 23.0 Å². The van der Waals surface area contributed by atoms with Crippen LogP contribution < -0.4 is 5.32 Å². The number of aromatic nitrogens is 3. The van der Waals surface area contributed by atoms with E-state index in [1.807, 2.05) is 23.0 Å². The van der Waals surface area contributed by atoms with Crippen LogP contribution in [0.25, 0.3) is 5.69 Å². The SMILES string of the molecule is O=C(NCc1cn(-c2ccsc2)nn1)C1CCCC1. The first-order chi connectivity index (χ1) is 9.33. The maximum atomic E-state index is 11.9. The molecular weight excluding hydrogens is 260 g/mol. The average molecular weight is 276 g/mol. The maximum absolute atomic E-state index is 11.9. The molecule has 0 spiro atoms. The zero-order chi connectivity index (χ0) is 13.1. The van der Waals surface area contributed by atoms with Crippen molar-refractivity contribution < 1.29 is 4.79 Å². The van der Waals surface area contributed by atoms with Gasteiger partial charge in [-0.05, 0) is 24.3 Å². The van der Waals surface area contributed by atoms with Crippen LogP contribution in [0.2, 0.25) is 0 Å². The highest BCUT2D eigenvalue weighted by Crippen LogP contribution is 2.24. The number of hydrogen-bond donors (Lipinski definition) is 1. The van der Waals surface area contributed by atoms with E-state index in [1.165, 1.54) is 12.8 Å². The van der Waals surface area contributed by atoms with Crippen LogP contribution in [0.3, 0.4) is 0 Å². The molecule has 3 rings (SSSR count). The Morgan fingerprint density at radius 2 is 2.32 bits per heavy atom. The molecule has 0 radical (unpaired) electrons. The van der Waals surface area contributed by atoms with Crippen LogP contribution in [0, 0.1) is 5.92 Å². The van der Waals surface area contributed by atoms with E-state index in [0.29, 0.717) is 6.54 Å². The van der Waals surface area contributed by atoms with Crippen molar-refractivity contribution in [1.82, 2.24) is 20.3 Å². The molecule has 0 bridgehead atoms. The molecule has 6 heteroatoms. The van der Waals surface area contributed by atoms with Crippen LogP contribution >= 0.6 is 11.3 Å². The van der Waals surface area contributed by atoms with E-state index >= 15 is 0 Å². The predicted molar refractivity (Wildman–Crippen MR) is 73.0 cm³/mol. The van der Waals surface area contributed by atoms with E-state index < -0.39 is 0 Å². The summed E-state index contributed by atoms with van der Waals surface area (Å²) in [5.74, 6) is 0.356. The number of nitrogens with one attached hydrogen (secondary N) is 1. The predicted octanol–water partition coefficient (Wildman–Crippen LogP) is 2.14. The number of nitrogens with zero attached hydrogens (tertiary/aromatic N) is 3. The summed E-state index contributed by atoms with van der Waals surface area (Å²) in [6.07, 6.45) is 6.25. The van der Waals surface area contributed by atoms with Gasteiger partial charge in [-0.2, -0.15) is 11.3 Å². The second kappa shape index (κ2) is 5.52. The van der Waals surface area contributed by atoms with Crippen LogP contribution in [0.4, 0.5) is 0 Å². The van der Waals surface area contributed by atoms with Crippen molar-refractivity contribution in [1.29, 1.82) is 0 Å². The van der Waals surface area contributed by atoms with E-state index in [9.17, 15) is 4.79 Å². The highest BCUT2D eigenvalue weighted by Gasteiger charge is 2.22. The molecule has 0 unspecified atom stereocenters. The molecule has 1 amide bonds. The summed E-state index contributed by atoms with van der Waals surface area (Å²) in [4.78, 5) is 11.9. The lowest BCUT2D eigenvalue weighted by atomic mass is 10.1. The van der Waals surface area contributed by atoms with Crippen molar-refractivity contribution >= 4 is 17.2 Å². The fourth-order valence-corrected chi connectivity index (χ4v) is 3.03. The Morgan fingerprint density at radius 1 is 1.47 bits per heavy atom. The number of carbonyl (C=O) groups is 1. The number of thiophene rings is 1. The minimum atomic E-state index is 0.155. The first-order valence-corrected chi connectivity index (χ1v) is 7.49. The van der Waals surface area contributed by atoms with Gasteiger partial charge in [0.1, 0.15) is 5.69 Å². The summed E-state index contributed by atoms with van der Waals surface area (Å²) in [5.41, 5.74) is 1.79. The maximum Gasteiger partial charge on any atom is 0.223 e. The first kappa shape index (κ1) is 12.3. The quantitative estimate of drug-likeness (QED) is 0.930. The molecule has 2 aromatic rings. The second-order valence-electron chi connectivity index (χ2n) is 4.84. The van der Waals surface area contributed by atoms with Gasteiger partial charge in [0.2, 0.25) is 5.91 Å². The van der Waals surface area contributed by atoms with Crippen molar-refractivity contribution in [2.24, 2.45) is 5.92 Å². The summed E-state index contributed by atoms with van der Waals surface area (Å²) in [7, 11) is 0. The third kappa shape index (κ3) is 2.84. The highest BCUT2D eigenvalue weighted by atomic mass is 32.1. The summed E-state index contributed by atoms with van der Waals surface area (Å²) in [6.45, 7) is 0.458. The average Bonchev–Trinajstić information content (AvgIpc) is 3.14. The Labute approximate surface area is 115 Å². The van der Waals surface area contributed by atoms with Gasteiger partial charge < -0.3 is 5.32 Å². The normalized spacial score (nSPS) is 15.8. The van der Waals surface area contributed by atoms with Gasteiger partial charge in [-0.15, -0.1) is 5.10 Å². The molecule has 5 nitrogen and oxygen atoms in total. The van der Waals surface area contributed by atoms with Crippen molar-refractivity contribution in [3.63, 3.8) is 0 Å². The minimum absolute atomic E-state index is 0.155. The largest absolute Gasteiger partial charge is 0.350 e. The first-order valence-electron chi connectivity index (χ1n) is 6.54. The Kier molecular flexibility index (Phi) is 3.59. The van der Waals surface area contributed by atoms with Gasteiger partial charge in [-0.3, -0.25) is 4.79 Å². The number of hydrogen-bond acceptors (Lipinski definition) is 4. The van der Waals surface area contributed by atoms with Gasteiger partial charge in [0.05, 0.1) is 18.4 Å². The van der Waals surface area contributed by atoms with Crippen molar-refractivity contribution in [3.05, 3.63) is 28.7 Å². The minimum Gasteiger partial charge on any atom is -0.350 e. The van der Waals surface area contributed by atoms with Gasteiger partial charge in [0.25, 0.3) is 0 Å². The van der Waals surface area contributed by atoms with E-state index in [-0.39, 0.29) is 11.8 Å². The fraction of sp³-hybridized carbons (Fsp3) is 0.462. The van der Waals surface area contributed by atoms with Crippen molar-refractivity contribution in [3.8, 4) is 5.69 Å². The smallest absolute Gasteiger partial charge is 0.223 e. The molecular formula is C13H16N4OS. The Morgan fingerprint density at radius 3 is 3.05 bits per heavy atom. The van der Waals surface area contributed by atoms with Gasteiger partial charge in [0, 0.05) is 11.3 Å². The summed E-state index contributed by atoms with van der Waals surface area (Å²) in [6, 6.07) is 1.99. The van der Waals surface area contributed by atoms with Crippen molar-refractivity contribution in [2.75, 3.05) is 0 Å². The molecule has 100 valence electrons. The Hall–Kier alpha value is -1.69. The standard InChI is InChI=1S/C13H16N4OS/c18-13(10-3-1-2-4-10)14-7-11-8-17(16-15-11)12-5-6-19-9-12/h5-6,8-10H,1-4,7H2,(H,14,18). The Balaban J connectivity index is 1.57. The van der Waals surface area contributed by atoms with E-state index in [2.05, 4.69) is 15.6 Å². The lowest BCUT2D eigenvalue weighted by Crippen LogP contribution is -2.28. The molecule has 1 saturated carbocycles. The van der Waals surface area contributed by atoms with E-state index in [1.54, 1.807) is 16.0 Å². The molecule has 0 aromatic carbocycles. The topological polar surface area (TPSA) is 59.8 Å². The second-order valence-corrected chi connectivity index (χ2v) is 5.62. The zero-order valence-electron chi connectivity index (χ0n) is 10.6. The van der Waals surface area contributed by atoms with Gasteiger partial charge in [-0.1, -0.05) is 18.1 Å². The third-order valence-corrected chi connectivity index (χ3v) is 4.15. The highest BCUT2D eigenvalue weighted by molar-refractivity contribution is 7.08. The van der Waals surface area contributed by atoms with E-state index in [4.69, 9.17) is 0 Å². The molecule has 1 N–H and O–H groups in total. The molecule has 19 heavy (non-hydrogen) atoms. The number of rotatable bonds is 4. The fourth-order valence-electron chi connectivity index (χ4n) is 2.40. The monoisotopic (exact) mass is 276 g/mol. The molecule has 2 heterocycles. The molecule has 1 aliphatic carbocycles. The molecule has 1 fully saturated rings. The summed E-state index contributed by atoms with van der Waals surface area (Å²) in [5, 5.41) is 15.1. The van der Waals surface area contributed by atoms with Gasteiger partial charge >= 0.3 is 0 Å². The summed E-state index contributed by atoms with van der Waals surface area (Å²) >= 11 is 1.62.